The highest BCUT2D eigenvalue weighted by atomic mass is 32.2. The van der Waals surface area contributed by atoms with Gasteiger partial charge in [-0.3, -0.25) is 0 Å². The molecule has 2 heterocycles. The van der Waals surface area contributed by atoms with Crippen molar-refractivity contribution in [3.8, 4) is 0 Å². The second kappa shape index (κ2) is 6.60. The molecule has 0 N–H and O–H groups in total. The van der Waals surface area contributed by atoms with Crippen LogP contribution in [-0.4, -0.2) is 19.6 Å². The summed E-state index contributed by atoms with van der Waals surface area (Å²) >= 11 is 1.40. The van der Waals surface area contributed by atoms with E-state index in [1.807, 2.05) is 0 Å². The van der Waals surface area contributed by atoms with Gasteiger partial charge in [-0.1, -0.05) is 36.0 Å². The zero-order chi connectivity index (χ0) is 17.2. The minimum Gasteiger partial charge on any atom is -0.220 e. The first-order valence-electron chi connectivity index (χ1n) is 7.54. The summed E-state index contributed by atoms with van der Waals surface area (Å²) in [6.45, 7) is 0. The Morgan fingerprint density at radius 3 is 2.04 bits per heavy atom. The number of halogens is 2. The molecule has 0 radical (unpaired) electrons. The number of hydrogen-bond acceptors (Lipinski definition) is 4. The Bertz CT molecular complexity index is 921. The molecule has 0 unspecified atom stereocenters. The summed E-state index contributed by atoms with van der Waals surface area (Å²) < 4.78 is 28.2. The van der Waals surface area contributed by atoms with Crippen LogP contribution in [0.5, 0.6) is 0 Å². The number of thioether (sulfide) groups is 1. The first-order chi connectivity index (χ1) is 12.2. The fraction of sp³-hybridized carbons (Fsp3) is 0.0556. The summed E-state index contributed by atoms with van der Waals surface area (Å²) in [6.07, 6.45) is 3.42. The molecule has 0 saturated carbocycles. The average Bonchev–Trinajstić information content (AvgIpc) is 3.04. The molecule has 2 aromatic heterocycles. The van der Waals surface area contributed by atoms with Crippen LogP contribution >= 0.6 is 11.8 Å². The van der Waals surface area contributed by atoms with Crippen molar-refractivity contribution in [3.63, 3.8) is 0 Å². The van der Waals surface area contributed by atoms with Crippen molar-refractivity contribution in [2.75, 3.05) is 0 Å². The van der Waals surface area contributed by atoms with Gasteiger partial charge < -0.3 is 0 Å². The molecule has 4 aromatic rings. The van der Waals surface area contributed by atoms with Gasteiger partial charge in [-0.15, -0.1) is 5.10 Å². The van der Waals surface area contributed by atoms with Crippen LogP contribution in [0.1, 0.15) is 16.4 Å². The van der Waals surface area contributed by atoms with Crippen LogP contribution in [0, 0.1) is 11.6 Å². The van der Waals surface area contributed by atoms with Crippen molar-refractivity contribution in [2.24, 2.45) is 0 Å². The quantitative estimate of drug-likeness (QED) is 0.513. The largest absolute Gasteiger partial charge is 0.253 e. The predicted molar refractivity (Wildman–Crippen MR) is 91.3 cm³/mol. The summed E-state index contributed by atoms with van der Waals surface area (Å²) in [7, 11) is 0. The molecule has 0 spiro atoms. The van der Waals surface area contributed by atoms with Gasteiger partial charge in [-0.2, -0.15) is 4.98 Å². The molecule has 4 rings (SSSR count). The summed E-state index contributed by atoms with van der Waals surface area (Å²) in [5.41, 5.74) is 1.76. The Balaban J connectivity index is 1.73. The van der Waals surface area contributed by atoms with Crippen LogP contribution in [0.2, 0.25) is 0 Å². The highest BCUT2D eigenvalue weighted by Crippen LogP contribution is 2.39. The topological polar surface area (TPSA) is 43.1 Å². The van der Waals surface area contributed by atoms with Crippen molar-refractivity contribution >= 4 is 17.5 Å². The predicted octanol–water partition coefficient (Wildman–Crippen LogP) is 4.28. The molecule has 7 heteroatoms. The van der Waals surface area contributed by atoms with Gasteiger partial charge in [0.05, 0.1) is 5.25 Å². The lowest BCUT2D eigenvalue weighted by molar-refractivity contribution is 0.626. The molecular weight excluding hydrogens is 342 g/mol. The van der Waals surface area contributed by atoms with E-state index in [0.29, 0.717) is 10.9 Å². The lowest BCUT2D eigenvalue weighted by atomic mass is 10.0. The molecule has 25 heavy (non-hydrogen) atoms. The molecular formula is C18H12F2N4S. The van der Waals surface area contributed by atoms with Gasteiger partial charge in [0.1, 0.15) is 11.6 Å². The van der Waals surface area contributed by atoms with Crippen molar-refractivity contribution in [1.82, 2.24) is 19.6 Å². The zero-order valence-electron chi connectivity index (χ0n) is 12.9. The van der Waals surface area contributed by atoms with Gasteiger partial charge in [-0.05, 0) is 41.5 Å². The summed E-state index contributed by atoms with van der Waals surface area (Å²) in [6, 6.07) is 14.3. The second-order valence-electron chi connectivity index (χ2n) is 5.36. The highest BCUT2D eigenvalue weighted by molar-refractivity contribution is 7.99. The van der Waals surface area contributed by atoms with Crippen LogP contribution in [0.4, 0.5) is 8.78 Å². The maximum atomic E-state index is 13.3. The van der Waals surface area contributed by atoms with E-state index in [4.69, 9.17) is 0 Å². The van der Waals surface area contributed by atoms with Crippen molar-refractivity contribution in [2.45, 2.75) is 10.4 Å². The van der Waals surface area contributed by atoms with E-state index in [9.17, 15) is 8.78 Å². The molecule has 124 valence electrons. The lowest BCUT2D eigenvalue weighted by Crippen LogP contribution is -1.98. The molecule has 0 fully saturated rings. The number of benzene rings is 2. The van der Waals surface area contributed by atoms with E-state index in [-0.39, 0.29) is 16.9 Å². The maximum Gasteiger partial charge on any atom is 0.253 e. The third-order valence-electron chi connectivity index (χ3n) is 3.67. The van der Waals surface area contributed by atoms with Gasteiger partial charge >= 0.3 is 0 Å². The van der Waals surface area contributed by atoms with Gasteiger partial charge in [0, 0.05) is 12.4 Å². The average molecular weight is 354 g/mol. The maximum absolute atomic E-state index is 13.3. The number of aromatic nitrogens is 4. The molecule has 4 nitrogen and oxygen atoms in total. The van der Waals surface area contributed by atoms with E-state index in [1.165, 1.54) is 36.0 Å². The molecule has 2 aromatic carbocycles. The van der Waals surface area contributed by atoms with E-state index < -0.39 is 0 Å². The Hall–Kier alpha value is -2.80. The Morgan fingerprint density at radius 2 is 1.48 bits per heavy atom. The fourth-order valence-corrected chi connectivity index (χ4v) is 3.54. The normalized spacial score (nSPS) is 11.3. The zero-order valence-corrected chi connectivity index (χ0v) is 13.7. The first-order valence-corrected chi connectivity index (χ1v) is 8.42. The van der Waals surface area contributed by atoms with Crippen LogP contribution in [0.15, 0.2) is 72.1 Å². The van der Waals surface area contributed by atoms with Crippen LogP contribution in [-0.2, 0) is 0 Å². The van der Waals surface area contributed by atoms with Crippen LogP contribution in [0.3, 0.4) is 0 Å². The highest BCUT2D eigenvalue weighted by Gasteiger charge is 2.19. The van der Waals surface area contributed by atoms with Gasteiger partial charge in [0.25, 0.3) is 5.78 Å². The summed E-state index contributed by atoms with van der Waals surface area (Å²) in [5.74, 6) is -0.106. The number of hydrogen-bond donors (Lipinski definition) is 0. The van der Waals surface area contributed by atoms with Gasteiger partial charge in [0.2, 0.25) is 5.16 Å². The number of fused-ring (bicyclic) bond motifs is 1. The molecule has 0 aliphatic carbocycles. The number of nitrogens with zero attached hydrogens (tertiary/aromatic N) is 4. The van der Waals surface area contributed by atoms with Gasteiger partial charge in [0.15, 0.2) is 0 Å². The van der Waals surface area contributed by atoms with Crippen molar-refractivity contribution < 1.29 is 8.78 Å². The molecule has 0 aliphatic rings. The fourth-order valence-electron chi connectivity index (χ4n) is 2.47. The summed E-state index contributed by atoms with van der Waals surface area (Å²) in [5, 5.41) is 4.74. The third kappa shape index (κ3) is 3.36. The van der Waals surface area contributed by atoms with Crippen LogP contribution < -0.4 is 0 Å². The SMILES string of the molecule is Fc1ccc(C(Sc2nc3ncccn3n2)c2ccc(F)cc2)cc1. The molecule has 0 bridgehead atoms. The molecule has 0 saturated heterocycles. The number of rotatable bonds is 4. The second-order valence-corrected chi connectivity index (χ2v) is 6.43. The lowest BCUT2D eigenvalue weighted by Gasteiger charge is -2.16. The first kappa shape index (κ1) is 15.7. The van der Waals surface area contributed by atoms with E-state index in [0.717, 1.165) is 11.1 Å². The van der Waals surface area contributed by atoms with Gasteiger partial charge in [-0.25, -0.2) is 18.3 Å². The monoisotopic (exact) mass is 354 g/mol. The standard InChI is InChI=1S/C18H12F2N4S/c19-14-6-2-12(3-7-14)16(13-4-8-15(20)9-5-13)25-18-22-17-21-10-1-11-24(17)23-18/h1-11,16H. The third-order valence-corrected chi connectivity index (χ3v) is 4.83. The Morgan fingerprint density at radius 1 is 0.880 bits per heavy atom. The smallest absolute Gasteiger partial charge is 0.220 e. The summed E-state index contributed by atoms with van der Waals surface area (Å²) in [4.78, 5) is 8.55. The van der Waals surface area contributed by atoms with E-state index in [1.54, 1.807) is 47.2 Å². The van der Waals surface area contributed by atoms with E-state index >= 15 is 0 Å². The molecule has 0 amide bonds. The Labute approximate surface area is 146 Å². The molecule has 0 atom stereocenters. The molecule has 0 aliphatic heterocycles. The van der Waals surface area contributed by atoms with Crippen molar-refractivity contribution in [1.29, 1.82) is 0 Å². The van der Waals surface area contributed by atoms with Crippen molar-refractivity contribution in [3.05, 3.63) is 89.8 Å². The van der Waals surface area contributed by atoms with Crippen LogP contribution in [0.25, 0.3) is 5.78 Å². The Kier molecular flexibility index (Phi) is 4.15. The van der Waals surface area contributed by atoms with E-state index in [2.05, 4.69) is 15.1 Å². The minimum absolute atomic E-state index is 0.196. The minimum atomic E-state index is -0.304.